The molecule has 2 aromatic rings. The van der Waals surface area contributed by atoms with Gasteiger partial charge in [-0.05, 0) is 36.2 Å². The van der Waals surface area contributed by atoms with Crippen molar-refractivity contribution >= 4 is 10.8 Å². The van der Waals surface area contributed by atoms with E-state index in [1.807, 2.05) is 7.05 Å². The van der Waals surface area contributed by atoms with Crippen LogP contribution in [0.3, 0.4) is 0 Å². The van der Waals surface area contributed by atoms with E-state index < -0.39 is 0 Å². The lowest BCUT2D eigenvalue weighted by Gasteiger charge is -2.17. The molecule has 0 spiro atoms. The Bertz CT molecular complexity index is 504. The fraction of sp³-hybridized carbons (Fsp3) is 0.412. The van der Waals surface area contributed by atoms with Gasteiger partial charge in [0.25, 0.3) is 0 Å². The summed E-state index contributed by atoms with van der Waals surface area (Å²) in [5, 5.41) is 6.01. The first-order chi connectivity index (χ1) is 9.35. The Hall–Kier alpha value is -1.38. The van der Waals surface area contributed by atoms with Crippen molar-refractivity contribution in [2.45, 2.75) is 25.8 Å². The molecule has 2 rings (SSSR count). The van der Waals surface area contributed by atoms with Gasteiger partial charge in [-0.2, -0.15) is 0 Å². The molecule has 0 aliphatic rings. The van der Waals surface area contributed by atoms with Crippen LogP contribution in [0.4, 0.5) is 0 Å². The van der Waals surface area contributed by atoms with Crippen LogP contribution in [0.25, 0.3) is 10.8 Å². The highest BCUT2D eigenvalue weighted by atomic mass is 16.5. The van der Waals surface area contributed by atoms with Gasteiger partial charge in [-0.1, -0.05) is 49.4 Å². The third kappa shape index (κ3) is 3.79. The average molecular weight is 257 g/mol. The molecule has 0 heterocycles. The normalized spacial score (nSPS) is 12.7. The Balaban J connectivity index is 2.10. The molecule has 0 radical (unpaired) electrons. The third-order valence-corrected chi connectivity index (χ3v) is 3.42. The summed E-state index contributed by atoms with van der Waals surface area (Å²) < 4.78 is 5.66. The van der Waals surface area contributed by atoms with Crippen molar-refractivity contribution in [1.82, 2.24) is 5.32 Å². The summed E-state index contributed by atoms with van der Waals surface area (Å²) in [7, 11) is 2.01. The fourth-order valence-corrected chi connectivity index (χ4v) is 2.35. The maximum Gasteiger partial charge on any atom is 0.0622 e. The Kier molecular flexibility index (Phi) is 5.37. The van der Waals surface area contributed by atoms with E-state index in [0.29, 0.717) is 6.04 Å². The predicted molar refractivity (Wildman–Crippen MR) is 81.6 cm³/mol. The molecule has 0 aliphatic heterocycles. The van der Waals surface area contributed by atoms with E-state index in [1.165, 1.54) is 16.3 Å². The van der Waals surface area contributed by atoms with Gasteiger partial charge in [0.15, 0.2) is 0 Å². The van der Waals surface area contributed by atoms with Crippen LogP contribution in [-0.4, -0.2) is 26.3 Å². The zero-order valence-corrected chi connectivity index (χ0v) is 11.9. The fourth-order valence-electron chi connectivity index (χ4n) is 2.35. The molecule has 0 aliphatic carbocycles. The molecule has 1 N–H and O–H groups in total. The number of ether oxygens (including phenoxy) is 1. The lowest BCUT2D eigenvalue weighted by atomic mass is 9.99. The quantitative estimate of drug-likeness (QED) is 0.768. The Labute approximate surface area is 115 Å². The molecule has 1 atom stereocenters. The zero-order chi connectivity index (χ0) is 13.5. The Morgan fingerprint density at radius 1 is 1.11 bits per heavy atom. The summed E-state index contributed by atoms with van der Waals surface area (Å²) in [4.78, 5) is 0. The minimum absolute atomic E-state index is 0.373. The molecular weight excluding hydrogens is 234 g/mol. The molecule has 2 nitrogen and oxygen atoms in total. The molecule has 0 aromatic heterocycles. The second-order valence-electron chi connectivity index (χ2n) is 4.90. The van der Waals surface area contributed by atoms with Crippen molar-refractivity contribution < 1.29 is 4.74 Å². The minimum atomic E-state index is 0.373. The first kappa shape index (κ1) is 14.0. The summed E-state index contributed by atoms with van der Waals surface area (Å²) in [6, 6.07) is 15.5. The van der Waals surface area contributed by atoms with Crippen LogP contribution in [0.1, 0.15) is 18.9 Å². The number of hydrogen-bond acceptors (Lipinski definition) is 2. The molecule has 0 fully saturated rings. The van der Waals surface area contributed by atoms with Crippen molar-refractivity contribution in [1.29, 1.82) is 0 Å². The molecule has 0 saturated heterocycles. The number of benzene rings is 2. The largest absolute Gasteiger partial charge is 0.380 e. The second-order valence-corrected chi connectivity index (χ2v) is 4.90. The molecule has 1 unspecified atom stereocenters. The number of nitrogens with one attached hydrogen (secondary N) is 1. The smallest absolute Gasteiger partial charge is 0.0622 e. The molecule has 0 amide bonds. The first-order valence-corrected chi connectivity index (χ1v) is 7.06. The van der Waals surface area contributed by atoms with Gasteiger partial charge in [0.05, 0.1) is 6.61 Å². The molecule has 2 aromatic carbocycles. The second kappa shape index (κ2) is 7.27. The van der Waals surface area contributed by atoms with Crippen molar-refractivity contribution in [3.05, 3.63) is 48.0 Å². The van der Waals surface area contributed by atoms with Crippen LogP contribution in [0, 0.1) is 0 Å². The summed E-state index contributed by atoms with van der Waals surface area (Å²) in [6.45, 7) is 3.75. The predicted octanol–water partition coefficient (Wildman–Crippen LogP) is 3.40. The zero-order valence-electron chi connectivity index (χ0n) is 11.9. The van der Waals surface area contributed by atoms with Crippen molar-refractivity contribution in [3.8, 4) is 0 Å². The van der Waals surface area contributed by atoms with Crippen LogP contribution in [-0.2, 0) is 11.2 Å². The highest BCUT2D eigenvalue weighted by Crippen LogP contribution is 2.19. The first-order valence-electron chi connectivity index (χ1n) is 7.06. The van der Waals surface area contributed by atoms with Gasteiger partial charge in [-0.25, -0.2) is 0 Å². The average Bonchev–Trinajstić information content (AvgIpc) is 2.46. The highest BCUT2D eigenvalue weighted by molar-refractivity contribution is 5.85. The van der Waals surface area contributed by atoms with Gasteiger partial charge < -0.3 is 10.1 Å². The van der Waals surface area contributed by atoms with E-state index in [1.54, 1.807) is 0 Å². The van der Waals surface area contributed by atoms with Crippen LogP contribution in [0.5, 0.6) is 0 Å². The summed E-state index contributed by atoms with van der Waals surface area (Å²) >= 11 is 0. The topological polar surface area (TPSA) is 21.3 Å². The van der Waals surface area contributed by atoms with Crippen LogP contribution in [0.15, 0.2) is 42.5 Å². The van der Waals surface area contributed by atoms with E-state index in [0.717, 1.165) is 26.1 Å². The third-order valence-electron chi connectivity index (χ3n) is 3.42. The monoisotopic (exact) mass is 257 g/mol. The number of fused-ring (bicyclic) bond motifs is 1. The van der Waals surface area contributed by atoms with Gasteiger partial charge >= 0.3 is 0 Å². The van der Waals surface area contributed by atoms with Gasteiger partial charge in [0.2, 0.25) is 0 Å². The van der Waals surface area contributed by atoms with Crippen molar-refractivity contribution in [2.75, 3.05) is 20.3 Å². The maximum absolute atomic E-state index is 5.66. The van der Waals surface area contributed by atoms with Gasteiger partial charge in [0, 0.05) is 12.6 Å². The summed E-state index contributed by atoms with van der Waals surface area (Å²) in [6.07, 6.45) is 2.08. The Morgan fingerprint density at radius 3 is 2.68 bits per heavy atom. The van der Waals surface area contributed by atoms with Crippen molar-refractivity contribution in [2.24, 2.45) is 0 Å². The van der Waals surface area contributed by atoms with E-state index in [-0.39, 0.29) is 0 Å². The van der Waals surface area contributed by atoms with Crippen molar-refractivity contribution in [3.63, 3.8) is 0 Å². The molecule has 19 heavy (non-hydrogen) atoms. The molecular formula is C17H23NO. The standard InChI is InChI=1S/C17H23NO/c1-3-11-19-13-16(18-2)12-15-9-6-8-14-7-4-5-10-17(14)15/h4-10,16,18H,3,11-13H2,1-2H3. The Morgan fingerprint density at radius 2 is 1.89 bits per heavy atom. The maximum atomic E-state index is 5.66. The molecule has 2 heteroatoms. The minimum Gasteiger partial charge on any atom is -0.380 e. The number of likely N-dealkylation sites (N-methyl/N-ethyl adjacent to an activating group) is 1. The van der Waals surface area contributed by atoms with E-state index >= 15 is 0 Å². The van der Waals surface area contributed by atoms with E-state index in [4.69, 9.17) is 4.74 Å². The highest BCUT2D eigenvalue weighted by Gasteiger charge is 2.09. The lowest BCUT2D eigenvalue weighted by molar-refractivity contribution is 0.114. The number of rotatable bonds is 7. The van der Waals surface area contributed by atoms with Crippen LogP contribution >= 0.6 is 0 Å². The van der Waals surface area contributed by atoms with E-state index in [9.17, 15) is 0 Å². The van der Waals surface area contributed by atoms with E-state index in [2.05, 4.69) is 54.7 Å². The summed E-state index contributed by atoms with van der Waals surface area (Å²) in [5.74, 6) is 0. The molecule has 102 valence electrons. The van der Waals surface area contributed by atoms with Crippen LogP contribution < -0.4 is 5.32 Å². The summed E-state index contributed by atoms with van der Waals surface area (Å²) in [5.41, 5.74) is 1.39. The van der Waals surface area contributed by atoms with Gasteiger partial charge in [0.1, 0.15) is 0 Å². The molecule has 0 saturated carbocycles. The number of hydrogen-bond donors (Lipinski definition) is 1. The molecule has 0 bridgehead atoms. The lowest BCUT2D eigenvalue weighted by Crippen LogP contribution is -2.32. The van der Waals surface area contributed by atoms with Gasteiger partial charge in [-0.3, -0.25) is 0 Å². The van der Waals surface area contributed by atoms with Crippen LogP contribution in [0.2, 0.25) is 0 Å². The van der Waals surface area contributed by atoms with Gasteiger partial charge in [-0.15, -0.1) is 0 Å². The SMILES string of the molecule is CCCOCC(Cc1cccc2ccccc12)NC.